The van der Waals surface area contributed by atoms with Gasteiger partial charge in [0.1, 0.15) is 0 Å². The third-order valence-electron chi connectivity index (χ3n) is 3.17. The summed E-state index contributed by atoms with van der Waals surface area (Å²) in [5.74, 6) is -0.287. The Morgan fingerprint density at radius 2 is 1.70 bits per heavy atom. The second-order valence-electron chi connectivity index (χ2n) is 4.51. The molecule has 20 heavy (non-hydrogen) atoms. The largest absolute Gasteiger partial charge is 0.321 e. The van der Waals surface area contributed by atoms with Crippen molar-refractivity contribution in [3.63, 3.8) is 0 Å². The minimum atomic E-state index is -0.287. The van der Waals surface area contributed by atoms with Gasteiger partial charge in [-0.2, -0.15) is 0 Å². The average molecular weight is 308 g/mol. The summed E-state index contributed by atoms with van der Waals surface area (Å²) >= 11 is 12.1. The van der Waals surface area contributed by atoms with Crippen LogP contribution < -0.4 is 5.32 Å². The van der Waals surface area contributed by atoms with Gasteiger partial charge in [0.2, 0.25) is 0 Å². The Kier molecular flexibility index (Phi) is 4.69. The van der Waals surface area contributed by atoms with E-state index in [4.69, 9.17) is 23.2 Å². The van der Waals surface area contributed by atoms with Gasteiger partial charge in [0.15, 0.2) is 0 Å². The monoisotopic (exact) mass is 307 g/mol. The standard InChI is InChI=1S/C16H15Cl2NO/c1-3-11-7-4-6-10(2)15(11)19-16(20)14-12(17)8-5-9-13(14)18/h4-9H,3H2,1-2H3,(H,19,20). The average Bonchev–Trinajstić information content (AvgIpc) is 2.41. The summed E-state index contributed by atoms with van der Waals surface area (Å²) in [5.41, 5.74) is 3.24. The third kappa shape index (κ3) is 2.97. The number of carbonyl (C=O) groups is 1. The van der Waals surface area contributed by atoms with Gasteiger partial charge in [-0.1, -0.05) is 54.4 Å². The molecule has 0 bridgehead atoms. The smallest absolute Gasteiger partial charge is 0.258 e. The number of aryl methyl sites for hydroxylation is 2. The van der Waals surface area contributed by atoms with Crippen molar-refractivity contribution < 1.29 is 4.79 Å². The van der Waals surface area contributed by atoms with Gasteiger partial charge >= 0.3 is 0 Å². The molecule has 0 spiro atoms. The molecule has 0 aliphatic heterocycles. The highest BCUT2D eigenvalue weighted by molar-refractivity contribution is 6.40. The second-order valence-corrected chi connectivity index (χ2v) is 5.33. The summed E-state index contributed by atoms with van der Waals surface area (Å²) in [5, 5.41) is 3.62. The maximum absolute atomic E-state index is 12.4. The number of halogens is 2. The topological polar surface area (TPSA) is 29.1 Å². The van der Waals surface area contributed by atoms with E-state index in [0.717, 1.165) is 23.2 Å². The van der Waals surface area contributed by atoms with E-state index in [-0.39, 0.29) is 5.91 Å². The maximum Gasteiger partial charge on any atom is 0.258 e. The van der Waals surface area contributed by atoms with Crippen molar-refractivity contribution in [3.05, 3.63) is 63.1 Å². The number of amides is 1. The molecule has 0 radical (unpaired) electrons. The first-order chi connectivity index (χ1) is 9.54. The number of rotatable bonds is 3. The number of hydrogen-bond acceptors (Lipinski definition) is 1. The first kappa shape index (κ1) is 14.9. The van der Waals surface area contributed by atoms with Crippen LogP contribution in [0.3, 0.4) is 0 Å². The fourth-order valence-corrected chi connectivity index (χ4v) is 2.66. The highest BCUT2D eigenvalue weighted by Crippen LogP contribution is 2.27. The number of carbonyl (C=O) groups excluding carboxylic acids is 1. The van der Waals surface area contributed by atoms with Gasteiger partial charge in [0.25, 0.3) is 5.91 Å². The van der Waals surface area contributed by atoms with E-state index in [1.165, 1.54) is 0 Å². The van der Waals surface area contributed by atoms with Crippen LogP contribution in [0.25, 0.3) is 0 Å². The molecule has 0 fully saturated rings. The van der Waals surface area contributed by atoms with Crippen molar-refractivity contribution in [2.75, 3.05) is 5.32 Å². The number of nitrogens with one attached hydrogen (secondary N) is 1. The summed E-state index contributed by atoms with van der Waals surface area (Å²) < 4.78 is 0. The fraction of sp³-hybridized carbons (Fsp3) is 0.188. The number of benzene rings is 2. The molecule has 2 aromatic rings. The predicted octanol–water partition coefficient (Wildman–Crippen LogP) is 5.12. The molecule has 1 N–H and O–H groups in total. The fourth-order valence-electron chi connectivity index (χ4n) is 2.09. The summed E-state index contributed by atoms with van der Waals surface area (Å²) in [4.78, 5) is 12.4. The van der Waals surface area contributed by atoms with Crippen LogP contribution in [0.4, 0.5) is 5.69 Å². The zero-order valence-corrected chi connectivity index (χ0v) is 12.8. The molecule has 2 rings (SSSR count). The molecule has 0 aliphatic rings. The van der Waals surface area contributed by atoms with Gasteiger partial charge in [0, 0.05) is 5.69 Å². The van der Waals surface area contributed by atoms with Crippen molar-refractivity contribution >= 4 is 34.8 Å². The molecule has 0 aromatic heterocycles. The lowest BCUT2D eigenvalue weighted by atomic mass is 10.1. The zero-order valence-electron chi connectivity index (χ0n) is 11.3. The molecule has 2 nitrogen and oxygen atoms in total. The van der Waals surface area contributed by atoms with Gasteiger partial charge in [-0.05, 0) is 36.6 Å². The van der Waals surface area contributed by atoms with E-state index < -0.39 is 0 Å². The first-order valence-electron chi connectivity index (χ1n) is 6.38. The summed E-state index contributed by atoms with van der Waals surface area (Å²) in [6.07, 6.45) is 0.841. The lowest BCUT2D eigenvalue weighted by Gasteiger charge is -2.14. The van der Waals surface area contributed by atoms with Crippen molar-refractivity contribution in [1.82, 2.24) is 0 Å². The Hall–Kier alpha value is -1.51. The molecule has 0 saturated heterocycles. The third-order valence-corrected chi connectivity index (χ3v) is 3.80. The number of para-hydroxylation sites is 1. The molecule has 0 atom stereocenters. The van der Waals surface area contributed by atoms with E-state index in [1.807, 2.05) is 32.0 Å². The van der Waals surface area contributed by atoms with Gasteiger partial charge in [-0.25, -0.2) is 0 Å². The van der Waals surface area contributed by atoms with Crippen LogP contribution in [-0.2, 0) is 6.42 Å². The zero-order chi connectivity index (χ0) is 14.7. The van der Waals surface area contributed by atoms with Gasteiger partial charge in [0.05, 0.1) is 15.6 Å². The highest BCUT2D eigenvalue weighted by Gasteiger charge is 2.16. The van der Waals surface area contributed by atoms with Crippen molar-refractivity contribution in [2.24, 2.45) is 0 Å². The van der Waals surface area contributed by atoms with Crippen LogP contribution in [-0.4, -0.2) is 5.91 Å². The lowest BCUT2D eigenvalue weighted by molar-refractivity contribution is 0.102. The normalized spacial score (nSPS) is 10.4. The predicted molar refractivity (Wildman–Crippen MR) is 85.0 cm³/mol. The molecule has 2 aromatic carbocycles. The van der Waals surface area contributed by atoms with Crippen LogP contribution in [0, 0.1) is 6.92 Å². The minimum absolute atomic E-state index is 0.287. The molecule has 4 heteroatoms. The summed E-state index contributed by atoms with van der Waals surface area (Å²) in [7, 11) is 0. The Morgan fingerprint density at radius 1 is 1.10 bits per heavy atom. The van der Waals surface area contributed by atoms with Crippen LogP contribution in [0.5, 0.6) is 0 Å². The molecule has 0 unspecified atom stereocenters. The van der Waals surface area contributed by atoms with E-state index in [9.17, 15) is 4.79 Å². The molecular formula is C16H15Cl2NO. The molecule has 104 valence electrons. The van der Waals surface area contributed by atoms with Crippen molar-refractivity contribution in [1.29, 1.82) is 0 Å². The van der Waals surface area contributed by atoms with Gasteiger partial charge in [-0.15, -0.1) is 0 Å². The maximum atomic E-state index is 12.4. The van der Waals surface area contributed by atoms with Crippen LogP contribution in [0.15, 0.2) is 36.4 Å². The van der Waals surface area contributed by atoms with Crippen molar-refractivity contribution in [3.8, 4) is 0 Å². The first-order valence-corrected chi connectivity index (χ1v) is 7.14. The van der Waals surface area contributed by atoms with E-state index in [2.05, 4.69) is 5.32 Å². The molecule has 1 amide bonds. The Labute approximate surface area is 128 Å². The minimum Gasteiger partial charge on any atom is -0.321 e. The lowest BCUT2D eigenvalue weighted by Crippen LogP contribution is -2.15. The molecule has 0 aliphatic carbocycles. The summed E-state index contributed by atoms with van der Waals surface area (Å²) in [6.45, 7) is 4.01. The van der Waals surface area contributed by atoms with Crippen LogP contribution in [0.2, 0.25) is 10.0 Å². The van der Waals surface area contributed by atoms with Crippen molar-refractivity contribution in [2.45, 2.75) is 20.3 Å². The highest BCUT2D eigenvalue weighted by atomic mass is 35.5. The molecular weight excluding hydrogens is 293 g/mol. The van der Waals surface area contributed by atoms with E-state index >= 15 is 0 Å². The van der Waals surface area contributed by atoms with E-state index in [0.29, 0.717) is 15.6 Å². The Balaban J connectivity index is 2.38. The van der Waals surface area contributed by atoms with Crippen LogP contribution >= 0.6 is 23.2 Å². The SMILES string of the molecule is CCc1cccc(C)c1NC(=O)c1c(Cl)cccc1Cl. The molecule has 0 saturated carbocycles. The number of hydrogen-bond donors (Lipinski definition) is 1. The quantitative estimate of drug-likeness (QED) is 0.838. The Bertz CT molecular complexity index is 633. The Morgan fingerprint density at radius 3 is 2.30 bits per heavy atom. The van der Waals surface area contributed by atoms with Gasteiger partial charge in [-0.3, -0.25) is 4.79 Å². The van der Waals surface area contributed by atoms with Gasteiger partial charge < -0.3 is 5.32 Å². The second kappa shape index (κ2) is 6.29. The molecule has 0 heterocycles. The summed E-state index contributed by atoms with van der Waals surface area (Å²) in [6, 6.07) is 11.0. The van der Waals surface area contributed by atoms with E-state index in [1.54, 1.807) is 18.2 Å². The van der Waals surface area contributed by atoms with Crippen LogP contribution in [0.1, 0.15) is 28.4 Å². The number of anilines is 1.